The lowest BCUT2D eigenvalue weighted by Gasteiger charge is -2.44. The molecule has 0 saturated heterocycles. The molecule has 6 nitrogen and oxygen atoms in total. The summed E-state index contributed by atoms with van der Waals surface area (Å²) >= 11 is 0. The standard InChI is InChI=1S/C23H20FN3.C23H21N3/c24-19-7-8-20-16(12-19)4-9-21(20)23(10-1-11-23)18-5-2-15(3-6-18)17-13-26-22(25)27-14-17;24-22-25-14-18(15-26-22)16-6-9-19(10-7-16)23(12-3-13-23)21-11-8-17-4-1-2-5-20(17)21/h2-3,5-9,12-14H,1,4,10-11H2,(H2,25,26,27);1-2,4-7,9-11,14-15H,3,8,12-13H2,(H2,24,25,26). The van der Waals surface area contributed by atoms with Crippen LogP contribution in [0.1, 0.15) is 71.9 Å². The Bertz CT molecular complexity index is 2350. The van der Waals surface area contributed by atoms with Gasteiger partial charge in [0.05, 0.1) is 0 Å². The van der Waals surface area contributed by atoms with Gasteiger partial charge in [0.25, 0.3) is 0 Å². The van der Waals surface area contributed by atoms with Crippen molar-refractivity contribution in [2.24, 2.45) is 0 Å². The lowest BCUT2D eigenvalue weighted by molar-refractivity contribution is 0.327. The molecule has 10 rings (SSSR count). The van der Waals surface area contributed by atoms with Crippen LogP contribution in [0.4, 0.5) is 16.3 Å². The van der Waals surface area contributed by atoms with Crippen molar-refractivity contribution in [1.29, 1.82) is 0 Å². The minimum absolute atomic E-state index is 0.0548. The Morgan fingerprint density at radius 3 is 1.42 bits per heavy atom. The number of hydrogen-bond acceptors (Lipinski definition) is 6. The molecule has 2 aromatic heterocycles. The molecule has 6 aromatic rings. The summed E-state index contributed by atoms with van der Waals surface area (Å²) in [6.45, 7) is 0. The molecule has 0 radical (unpaired) electrons. The van der Waals surface area contributed by atoms with E-state index >= 15 is 0 Å². The Balaban J connectivity index is 0.000000141. The molecule has 2 saturated carbocycles. The third-order valence-corrected chi connectivity index (χ3v) is 12.0. The SMILES string of the molecule is Nc1ncc(-c2ccc(C3(C4=CCc5cc(F)ccc54)CCC3)cc2)cn1.Nc1ncc(-c2ccc(C3(C4=CCc5ccccc54)CCC3)cc2)cn1. The Morgan fingerprint density at radius 1 is 0.491 bits per heavy atom. The molecule has 0 spiro atoms. The fourth-order valence-electron chi connectivity index (χ4n) is 8.93. The van der Waals surface area contributed by atoms with E-state index in [-0.39, 0.29) is 22.6 Å². The van der Waals surface area contributed by atoms with Crippen LogP contribution >= 0.6 is 0 Å². The Morgan fingerprint density at radius 2 is 0.943 bits per heavy atom. The highest BCUT2D eigenvalue weighted by atomic mass is 19.1. The molecule has 0 amide bonds. The summed E-state index contributed by atoms with van der Waals surface area (Å²) in [6, 6.07) is 31.7. The van der Waals surface area contributed by atoms with Crippen LogP contribution in [-0.2, 0) is 23.7 Å². The average Bonchev–Trinajstić information content (AvgIpc) is 3.77. The summed E-state index contributed by atoms with van der Waals surface area (Å²) in [6.07, 6.45) is 21.0. The van der Waals surface area contributed by atoms with E-state index in [0.29, 0.717) is 5.95 Å². The van der Waals surface area contributed by atoms with Gasteiger partial charge in [-0.15, -0.1) is 0 Å². The lowest BCUT2D eigenvalue weighted by Crippen LogP contribution is -2.35. The number of benzene rings is 4. The van der Waals surface area contributed by atoms with Gasteiger partial charge in [-0.3, -0.25) is 0 Å². The number of allylic oxidation sites excluding steroid dienone is 4. The van der Waals surface area contributed by atoms with Crippen molar-refractivity contribution in [1.82, 2.24) is 19.9 Å². The fourth-order valence-corrected chi connectivity index (χ4v) is 8.93. The molecule has 0 unspecified atom stereocenters. The number of nitrogen functional groups attached to an aromatic ring is 2. The highest BCUT2D eigenvalue weighted by molar-refractivity contribution is 5.83. The van der Waals surface area contributed by atoms with Crippen LogP contribution in [0.3, 0.4) is 0 Å². The van der Waals surface area contributed by atoms with E-state index in [4.69, 9.17) is 11.5 Å². The Hall–Kier alpha value is -5.95. The first-order chi connectivity index (χ1) is 25.9. The Labute approximate surface area is 309 Å². The summed E-state index contributed by atoms with van der Waals surface area (Å²) in [5, 5.41) is 0. The maximum absolute atomic E-state index is 13.6. The predicted molar refractivity (Wildman–Crippen MR) is 211 cm³/mol. The molecule has 4 aliphatic carbocycles. The van der Waals surface area contributed by atoms with Gasteiger partial charge in [-0.2, -0.15) is 0 Å². The highest BCUT2D eigenvalue weighted by Crippen LogP contribution is 2.56. The number of hydrogen-bond donors (Lipinski definition) is 2. The zero-order valence-corrected chi connectivity index (χ0v) is 29.6. The minimum Gasteiger partial charge on any atom is -0.368 e. The molecule has 4 aliphatic rings. The van der Waals surface area contributed by atoms with Crippen LogP contribution in [0.5, 0.6) is 0 Å². The number of halogens is 1. The maximum Gasteiger partial charge on any atom is 0.219 e. The van der Waals surface area contributed by atoms with Gasteiger partial charge in [-0.25, -0.2) is 24.3 Å². The quantitative estimate of drug-likeness (QED) is 0.180. The molecule has 2 heterocycles. The van der Waals surface area contributed by atoms with Crippen LogP contribution in [0, 0.1) is 5.82 Å². The molecule has 2 fully saturated rings. The van der Waals surface area contributed by atoms with Crippen LogP contribution in [0.15, 0.2) is 128 Å². The van der Waals surface area contributed by atoms with Crippen molar-refractivity contribution in [2.45, 2.75) is 62.2 Å². The number of fused-ring (bicyclic) bond motifs is 2. The van der Waals surface area contributed by atoms with Gasteiger partial charge in [0.1, 0.15) is 5.82 Å². The van der Waals surface area contributed by atoms with Gasteiger partial charge in [0.15, 0.2) is 0 Å². The van der Waals surface area contributed by atoms with Gasteiger partial charge >= 0.3 is 0 Å². The lowest BCUT2D eigenvalue weighted by atomic mass is 9.59. The van der Waals surface area contributed by atoms with E-state index in [9.17, 15) is 4.39 Å². The predicted octanol–water partition coefficient (Wildman–Crippen LogP) is 9.71. The highest BCUT2D eigenvalue weighted by Gasteiger charge is 2.45. The third-order valence-electron chi connectivity index (χ3n) is 12.0. The molecule has 4 aromatic carbocycles. The maximum atomic E-state index is 13.6. The number of rotatable bonds is 6. The zero-order chi connectivity index (χ0) is 36.0. The van der Waals surface area contributed by atoms with E-state index in [0.717, 1.165) is 53.5 Å². The van der Waals surface area contributed by atoms with Crippen molar-refractivity contribution < 1.29 is 4.39 Å². The average molecular weight is 697 g/mol. The van der Waals surface area contributed by atoms with E-state index in [2.05, 4.69) is 105 Å². The number of nitrogens with two attached hydrogens (primary N) is 2. The summed E-state index contributed by atoms with van der Waals surface area (Å²) < 4.78 is 13.6. The molecule has 262 valence electrons. The summed E-state index contributed by atoms with van der Waals surface area (Å²) in [7, 11) is 0. The van der Waals surface area contributed by atoms with Crippen molar-refractivity contribution >= 4 is 23.0 Å². The van der Waals surface area contributed by atoms with Crippen LogP contribution in [0.2, 0.25) is 0 Å². The van der Waals surface area contributed by atoms with Gasteiger partial charge in [-0.05, 0) is 106 Å². The van der Waals surface area contributed by atoms with Crippen LogP contribution in [0.25, 0.3) is 33.4 Å². The van der Waals surface area contributed by atoms with Gasteiger partial charge in [0.2, 0.25) is 11.9 Å². The van der Waals surface area contributed by atoms with Crippen molar-refractivity contribution in [3.05, 3.63) is 167 Å². The summed E-state index contributed by atoms with van der Waals surface area (Å²) in [5.41, 5.74) is 26.5. The van der Waals surface area contributed by atoms with Gasteiger partial charge in [-0.1, -0.05) is 104 Å². The summed E-state index contributed by atoms with van der Waals surface area (Å²) in [5.74, 6) is 0.443. The third kappa shape index (κ3) is 5.81. The first kappa shape index (κ1) is 32.9. The largest absolute Gasteiger partial charge is 0.368 e. The molecule has 0 bridgehead atoms. The number of aromatic nitrogens is 4. The molecular weight excluding hydrogens is 656 g/mol. The van der Waals surface area contributed by atoms with E-state index < -0.39 is 0 Å². The second-order valence-electron chi connectivity index (χ2n) is 14.8. The second kappa shape index (κ2) is 13.2. The summed E-state index contributed by atoms with van der Waals surface area (Å²) in [4.78, 5) is 16.4. The van der Waals surface area contributed by atoms with E-state index in [1.807, 2.05) is 6.07 Å². The van der Waals surface area contributed by atoms with Crippen molar-refractivity contribution in [2.75, 3.05) is 11.5 Å². The number of nitrogens with zero attached hydrogens (tertiary/aromatic N) is 4. The topological polar surface area (TPSA) is 104 Å². The fraction of sp³-hybridized carbons (Fsp3) is 0.217. The van der Waals surface area contributed by atoms with E-state index in [1.54, 1.807) is 36.9 Å². The first-order valence-electron chi connectivity index (χ1n) is 18.6. The van der Waals surface area contributed by atoms with Crippen molar-refractivity contribution in [3.8, 4) is 22.3 Å². The molecule has 0 aliphatic heterocycles. The monoisotopic (exact) mass is 696 g/mol. The minimum atomic E-state index is -0.152. The zero-order valence-electron chi connectivity index (χ0n) is 29.6. The molecule has 53 heavy (non-hydrogen) atoms. The Kier molecular flexibility index (Phi) is 8.22. The normalized spacial score (nSPS) is 17.2. The van der Waals surface area contributed by atoms with Crippen molar-refractivity contribution in [3.63, 3.8) is 0 Å². The second-order valence-corrected chi connectivity index (χ2v) is 14.8. The van der Waals surface area contributed by atoms with E-state index in [1.165, 1.54) is 64.6 Å². The van der Waals surface area contributed by atoms with Crippen LogP contribution in [-0.4, -0.2) is 19.9 Å². The van der Waals surface area contributed by atoms with Crippen LogP contribution < -0.4 is 11.5 Å². The van der Waals surface area contributed by atoms with Gasteiger partial charge in [0, 0.05) is 46.7 Å². The first-order valence-corrected chi connectivity index (χ1v) is 18.6. The molecule has 7 heteroatoms. The molecule has 0 atom stereocenters. The molecule has 4 N–H and O–H groups in total. The molecular formula is C46H41FN6. The number of anilines is 2. The van der Waals surface area contributed by atoms with Gasteiger partial charge < -0.3 is 11.5 Å². The smallest absolute Gasteiger partial charge is 0.219 e.